The zero-order valence-electron chi connectivity index (χ0n) is 12.1. The van der Waals surface area contributed by atoms with Crippen LogP contribution in [0.15, 0.2) is 24.3 Å². The maximum atomic E-state index is 12.2. The van der Waals surface area contributed by atoms with Crippen molar-refractivity contribution >= 4 is 17.5 Å². The highest BCUT2D eigenvalue weighted by molar-refractivity contribution is 6.32. The van der Waals surface area contributed by atoms with Gasteiger partial charge in [-0.1, -0.05) is 23.7 Å². The number of halogens is 1. The molecule has 21 heavy (non-hydrogen) atoms. The van der Waals surface area contributed by atoms with Crippen molar-refractivity contribution in [1.82, 2.24) is 4.90 Å². The van der Waals surface area contributed by atoms with E-state index in [0.717, 1.165) is 12.8 Å². The summed E-state index contributed by atoms with van der Waals surface area (Å²) in [4.78, 5) is 13.8. The van der Waals surface area contributed by atoms with Crippen LogP contribution in [-0.4, -0.2) is 49.8 Å². The van der Waals surface area contributed by atoms with Gasteiger partial charge in [-0.3, -0.25) is 4.79 Å². The van der Waals surface area contributed by atoms with Gasteiger partial charge in [-0.25, -0.2) is 0 Å². The van der Waals surface area contributed by atoms with Crippen LogP contribution in [-0.2, 0) is 9.53 Å². The minimum Gasteiger partial charge on any atom is -0.490 e. The molecule has 0 aromatic heterocycles. The Balaban J connectivity index is 1.75. The molecule has 1 heterocycles. The van der Waals surface area contributed by atoms with Gasteiger partial charge in [0.15, 0.2) is 0 Å². The molecule has 1 aromatic rings. The molecule has 1 aliphatic heterocycles. The molecule has 1 aliphatic rings. The Bertz CT molecular complexity index is 484. The van der Waals surface area contributed by atoms with Gasteiger partial charge in [-0.2, -0.15) is 0 Å². The summed E-state index contributed by atoms with van der Waals surface area (Å²) in [5, 5.41) is 0.566. The van der Waals surface area contributed by atoms with Gasteiger partial charge < -0.3 is 20.1 Å². The molecule has 1 aromatic carbocycles. The summed E-state index contributed by atoms with van der Waals surface area (Å²) < 4.78 is 11.2. The lowest BCUT2D eigenvalue weighted by Crippen LogP contribution is -2.39. The van der Waals surface area contributed by atoms with Crippen molar-refractivity contribution in [1.29, 1.82) is 0 Å². The van der Waals surface area contributed by atoms with Crippen LogP contribution in [0.5, 0.6) is 5.75 Å². The molecule has 0 spiro atoms. The first-order chi connectivity index (χ1) is 10.1. The minimum absolute atomic E-state index is 0.00623. The summed E-state index contributed by atoms with van der Waals surface area (Å²) in [5.74, 6) is 0.606. The van der Waals surface area contributed by atoms with Gasteiger partial charge in [0.05, 0.1) is 17.7 Å². The van der Waals surface area contributed by atoms with Crippen LogP contribution in [0.1, 0.15) is 12.8 Å². The summed E-state index contributed by atoms with van der Waals surface area (Å²) in [6.45, 7) is 1.33. The van der Waals surface area contributed by atoms with E-state index in [1.165, 1.54) is 0 Å². The molecule has 1 fully saturated rings. The van der Waals surface area contributed by atoms with E-state index in [0.29, 0.717) is 30.5 Å². The SMILES string of the molecule is CN(CCOc1ccccc1Cl)C(=O)C1CCC(CN)O1. The molecule has 2 rings (SSSR count). The minimum atomic E-state index is -0.371. The molecule has 0 radical (unpaired) electrons. The lowest BCUT2D eigenvalue weighted by Gasteiger charge is -2.21. The normalized spacial score (nSPS) is 21.3. The molecule has 2 unspecified atom stereocenters. The van der Waals surface area contributed by atoms with E-state index in [1.54, 1.807) is 24.1 Å². The molecule has 0 saturated carbocycles. The topological polar surface area (TPSA) is 64.8 Å². The number of carbonyl (C=O) groups excluding carboxylic acids is 1. The number of nitrogens with two attached hydrogens (primary N) is 1. The van der Waals surface area contributed by atoms with Crippen LogP contribution in [0.2, 0.25) is 5.02 Å². The average molecular weight is 313 g/mol. The molecule has 116 valence electrons. The first-order valence-corrected chi connectivity index (χ1v) is 7.47. The number of carbonyl (C=O) groups is 1. The molecular weight excluding hydrogens is 292 g/mol. The monoisotopic (exact) mass is 312 g/mol. The summed E-state index contributed by atoms with van der Waals surface area (Å²) in [5.41, 5.74) is 5.55. The molecule has 6 heteroatoms. The van der Waals surface area contributed by atoms with Gasteiger partial charge in [-0.05, 0) is 25.0 Å². The molecule has 5 nitrogen and oxygen atoms in total. The van der Waals surface area contributed by atoms with Crippen LogP contribution in [0.25, 0.3) is 0 Å². The smallest absolute Gasteiger partial charge is 0.251 e. The van der Waals surface area contributed by atoms with Crippen molar-refractivity contribution < 1.29 is 14.3 Å². The Labute approximate surface area is 130 Å². The summed E-state index contributed by atoms with van der Waals surface area (Å²) in [6, 6.07) is 7.27. The zero-order valence-corrected chi connectivity index (χ0v) is 12.9. The van der Waals surface area contributed by atoms with E-state index in [4.69, 9.17) is 26.8 Å². The molecular formula is C15H21ClN2O3. The number of amides is 1. The van der Waals surface area contributed by atoms with Crippen molar-refractivity contribution in [3.63, 3.8) is 0 Å². The Hall–Kier alpha value is -1.30. The third kappa shape index (κ3) is 4.33. The molecule has 0 aliphatic carbocycles. The van der Waals surface area contributed by atoms with Crippen LogP contribution in [0, 0.1) is 0 Å². The fraction of sp³-hybridized carbons (Fsp3) is 0.533. The maximum Gasteiger partial charge on any atom is 0.251 e. The molecule has 1 amide bonds. The quantitative estimate of drug-likeness (QED) is 0.868. The first-order valence-electron chi connectivity index (χ1n) is 7.09. The van der Waals surface area contributed by atoms with Gasteiger partial charge in [-0.15, -0.1) is 0 Å². The Morgan fingerprint density at radius 3 is 2.90 bits per heavy atom. The fourth-order valence-electron chi connectivity index (χ4n) is 2.27. The van der Waals surface area contributed by atoms with Gasteiger partial charge in [0, 0.05) is 13.6 Å². The molecule has 2 N–H and O–H groups in total. The molecule has 1 saturated heterocycles. The highest BCUT2D eigenvalue weighted by atomic mass is 35.5. The predicted octanol–water partition coefficient (Wildman–Crippen LogP) is 1.68. The van der Waals surface area contributed by atoms with E-state index in [2.05, 4.69) is 0 Å². The highest BCUT2D eigenvalue weighted by Crippen LogP contribution is 2.23. The van der Waals surface area contributed by atoms with E-state index < -0.39 is 0 Å². The van der Waals surface area contributed by atoms with Gasteiger partial charge >= 0.3 is 0 Å². The second-order valence-corrected chi connectivity index (χ2v) is 5.51. The van der Waals surface area contributed by atoms with Crippen LogP contribution in [0.3, 0.4) is 0 Å². The highest BCUT2D eigenvalue weighted by Gasteiger charge is 2.31. The lowest BCUT2D eigenvalue weighted by molar-refractivity contribution is -0.141. The average Bonchev–Trinajstić information content (AvgIpc) is 2.97. The molecule has 2 atom stereocenters. The number of nitrogens with zero attached hydrogens (tertiary/aromatic N) is 1. The second kappa shape index (κ2) is 7.64. The van der Waals surface area contributed by atoms with Crippen molar-refractivity contribution in [2.24, 2.45) is 5.73 Å². The summed E-state index contributed by atoms with van der Waals surface area (Å²) in [6.07, 6.45) is 1.21. The third-order valence-corrected chi connectivity index (χ3v) is 3.86. The number of benzene rings is 1. The predicted molar refractivity (Wildman–Crippen MR) is 81.5 cm³/mol. The largest absolute Gasteiger partial charge is 0.490 e. The summed E-state index contributed by atoms with van der Waals surface area (Å²) >= 11 is 6.00. The van der Waals surface area contributed by atoms with Gasteiger partial charge in [0.2, 0.25) is 0 Å². The van der Waals surface area contributed by atoms with Crippen molar-refractivity contribution in [3.8, 4) is 5.75 Å². The fourth-order valence-corrected chi connectivity index (χ4v) is 2.46. The van der Waals surface area contributed by atoms with E-state index in [1.807, 2.05) is 12.1 Å². The lowest BCUT2D eigenvalue weighted by atomic mass is 10.2. The number of ether oxygens (including phenoxy) is 2. The van der Waals surface area contributed by atoms with E-state index in [-0.39, 0.29) is 18.1 Å². The zero-order chi connectivity index (χ0) is 15.2. The molecule has 0 bridgehead atoms. The van der Waals surface area contributed by atoms with Crippen molar-refractivity contribution in [3.05, 3.63) is 29.3 Å². The van der Waals surface area contributed by atoms with Crippen LogP contribution >= 0.6 is 11.6 Å². The van der Waals surface area contributed by atoms with Crippen molar-refractivity contribution in [2.75, 3.05) is 26.7 Å². The third-order valence-electron chi connectivity index (χ3n) is 3.54. The van der Waals surface area contributed by atoms with Crippen LogP contribution < -0.4 is 10.5 Å². The summed E-state index contributed by atoms with van der Waals surface area (Å²) in [7, 11) is 1.75. The van der Waals surface area contributed by atoms with Gasteiger partial charge in [0.25, 0.3) is 5.91 Å². The first kappa shape index (κ1) is 16.1. The second-order valence-electron chi connectivity index (χ2n) is 5.10. The number of rotatable bonds is 6. The Morgan fingerprint density at radius 1 is 1.48 bits per heavy atom. The van der Waals surface area contributed by atoms with E-state index >= 15 is 0 Å². The van der Waals surface area contributed by atoms with Crippen molar-refractivity contribution in [2.45, 2.75) is 25.0 Å². The number of likely N-dealkylation sites (N-methyl/N-ethyl adjacent to an activating group) is 1. The standard InChI is InChI=1S/C15H21ClN2O3/c1-18(15(19)14-7-6-11(10-17)21-14)8-9-20-13-5-3-2-4-12(13)16/h2-5,11,14H,6-10,17H2,1H3. The Kier molecular flexibility index (Phi) is 5.85. The van der Waals surface area contributed by atoms with E-state index in [9.17, 15) is 4.79 Å². The van der Waals surface area contributed by atoms with Gasteiger partial charge in [0.1, 0.15) is 18.5 Å². The van der Waals surface area contributed by atoms with Crippen LogP contribution in [0.4, 0.5) is 0 Å². The Morgan fingerprint density at radius 2 is 2.24 bits per heavy atom. The maximum absolute atomic E-state index is 12.2. The number of hydrogen-bond donors (Lipinski definition) is 1. The number of para-hydroxylation sites is 1. The number of hydrogen-bond acceptors (Lipinski definition) is 4.